The van der Waals surface area contributed by atoms with Gasteiger partial charge in [-0.15, -0.1) is 0 Å². The summed E-state index contributed by atoms with van der Waals surface area (Å²) in [6.45, 7) is 0.188. The number of pyridine rings is 1. The molecule has 0 saturated heterocycles. The lowest BCUT2D eigenvalue weighted by molar-refractivity contribution is 0.419. The Bertz CT molecular complexity index is 1020. The van der Waals surface area contributed by atoms with E-state index in [1.165, 1.54) is 10.9 Å². The standard InChI is InChI=1S/C16H11N5O2/c22-16-11-5-1-2-6-12(11)18-10-21(16)9-14-19-15(23-20-14)13-7-3-4-8-17-13/h1-8,10H,9H2. The quantitative estimate of drug-likeness (QED) is 0.574. The molecule has 0 aliphatic heterocycles. The molecule has 0 radical (unpaired) electrons. The van der Waals surface area contributed by atoms with Crippen molar-refractivity contribution in [2.24, 2.45) is 0 Å². The summed E-state index contributed by atoms with van der Waals surface area (Å²) < 4.78 is 6.64. The third-order valence-electron chi connectivity index (χ3n) is 3.40. The number of rotatable bonds is 3. The summed E-state index contributed by atoms with van der Waals surface area (Å²) in [5.41, 5.74) is 1.12. The summed E-state index contributed by atoms with van der Waals surface area (Å²) in [7, 11) is 0. The van der Waals surface area contributed by atoms with Gasteiger partial charge in [-0.05, 0) is 24.3 Å². The van der Waals surface area contributed by atoms with Gasteiger partial charge in [-0.2, -0.15) is 4.98 Å². The predicted octanol–water partition coefficient (Wildman–Crippen LogP) is 1.89. The van der Waals surface area contributed by atoms with E-state index in [0.29, 0.717) is 28.3 Å². The van der Waals surface area contributed by atoms with Crippen LogP contribution in [0, 0.1) is 0 Å². The van der Waals surface area contributed by atoms with Gasteiger partial charge in [0.25, 0.3) is 11.4 Å². The number of aromatic nitrogens is 5. The van der Waals surface area contributed by atoms with E-state index in [2.05, 4.69) is 20.1 Å². The topological polar surface area (TPSA) is 86.7 Å². The Morgan fingerprint density at radius 1 is 1.04 bits per heavy atom. The van der Waals surface area contributed by atoms with Crippen LogP contribution in [0.2, 0.25) is 0 Å². The second kappa shape index (κ2) is 5.45. The molecule has 0 atom stereocenters. The van der Waals surface area contributed by atoms with Crippen LogP contribution in [0.15, 0.2) is 64.3 Å². The monoisotopic (exact) mass is 305 g/mol. The SMILES string of the molecule is O=c1c2ccccc2ncn1Cc1noc(-c2ccccn2)n1. The van der Waals surface area contributed by atoms with Crippen molar-refractivity contribution in [3.8, 4) is 11.6 Å². The average molecular weight is 305 g/mol. The number of fused-ring (bicyclic) bond motifs is 1. The summed E-state index contributed by atoms with van der Waals surface area (Å²) in [6.07, 6.45) is 3.14. The van der Waals surface area contributed by atoms with Gasteiger partial charge in [0, 0.05) is 6.20 Å². The lowest BCUT2D eigenvalue weighted by atomic mass is 10.2. The highest BCUT2D eigenvalue weighted by molar-refractivity contribution is 5.76. The van der Waals surface area contributed by atoms with Gasteiger partial charge in [-0.1, -0.05) is 23.4 Å². The van der Waals surface area contributed by atoms with Crippen LogP contribution in [-0.2, 0) is 6.54 Å². The largest absolute Gasteiger partial charge is 0.332 e. The molecule has 4 aromatic rings. The Kier molecular flexibility index (Phi) is 3.16. The van der Waals surface area contributed by atoms with Gasteiger partial charge in [0.1, 0.15) is 5.69 Å². The predicted molar refractivity (Wildman–Crippen MR) is 82.6 cm³/mol. The molecular weight excluding hydrogens is 294 g/mol. The Morgan fingerprint density at radius 3 is 2.78 bits per heavy atom. The smallest absolute Gasteiger partial charge is 0.276 e. The summed E-state index contributed by atoms with van der Waals surface area (Å²) in [5, 5.41) is 4.45. The number of hydrogen-bond acceptors (Lipinski definition) is 6. The first-order chi connectivity index (χ1) is 11.3. The molecule has 7 nitrogen and oxygen atoms in total. The Morgan fingerprint density at radius 2 is 1.91 bits per heavy atom. The van der Waals surface area contributed by atoms with E-state index in [4.69, 9.17) is 4.52 Å². The maximum Gasteiger partial charge on any atom is 0.276 e. The van der Waals surface area contributed by atoms with E-state index in [1.54, 1.807) is 30.5 Å². The Labute approximate surface area is 130 Å². The molecular formula is C16H11N5O2. The molecule has 0 spiro atoms. The molecule has 0 unspecified atom stereocenters. The van der Waals surface area contributed by atoms with Gasteiger partial charge in [-0.3, -0.25) is 14.3 Å². The van der Waals surface area contributed by atoms with Crippen LogP contribution in [0.5, 0.6) is 0 Å². The number of benzene rings is 1. The first kappa shape index (κ1) is 13.3. The molecule has 0 aliphatic carbocycles. The fourth-order valence-corrected chi connectivity index (χ4v) is 2.28. The lowest BCUT2D eigenvalue weighted by Gasteiger charge is -2.03. The molecule has 23 heavy (non-hydrogen) atoms. The van der Waals surface area contributed by atoms with E-state index >= 15 is 0 Å². The maximum absolute atomic E-state index is 12.4. The van der Waals surface area contributed by atoms with Gasteiger partial charge < -0.3 is 4.52 Å². The van der Waals surface area contributed by atoms with Gasteiger partial charge >= 0.3 is 0 Å². The van der Waals surface area contributed by atoms with Crippen molar-refractivity contribution in [3.05, 3.63) is 71.2 Å². The zero-order valence-electron chi connectivity index (χ0n) is 12.0. The molecule has 0 fully saturated rings. The van der Waals surface area contributed by atoms with Crippen molar-refractivity contribution < 1.29 is 4.52 Å². The van der Waals surface area contributed by atoms with Crippen molar-refractivity contribution in [1.29, 1.82) is 0 Å². The molecule has 0 bridgehead atoms. The average Bonchev–Trinajstić information content (AvgIpc) is 3.07. The maximum atomic E-state index is 12.4. The molecule has 3 heterocycles. The van der Waals surface area contributed by atoms with Gasteiger partial charge in [0.15, 0.2) is 5.82 Å². The van der Waals surface area contributed by atoms with Crippen molar-refractivity contribution >= 4 is 10.9 Å². The molecule has 0 amide bonds. The van der Waals surface area contributed by atoms with E-state index in [-0.39, 0.29) is 12.1 Å². The fourth-order valence-electron chi connectivity index (χ4n) is 2.28. The second-order valence-corrected chi connectivity index (χ2v) is 4.93. The van der Waals surface area contributed by atoms with Crippen LogP contribution < -0.4 is 5.56 Å². The molecule has 0 N–H and O–H groups in total. The number of para-hydroxylation sites is 1. The van der Waals surface area contributed by atoms with E-state index in [0.717, 1.165) is 0 Å². The minimum atomic E-state index is -0.139. The number of hydrogen-bond donors (Lipinski definition) is 0. The van der Waals surface area contributed by atoms with Crippen molar-refractivity contribution in [2.75, 3.05) is 0 Å². The van der Waals surface area contributed by atoms with Crippen molar-refractivity contribution in [1.82, 2.24) is 24.7 Å². The minimum Gasteiger partial charge on any atom is -0.332 e. The van der Waals surface area contributed by atoms with Crippen LogP contribution in [0.25, 0.3) is 22.5 Å². The molecule has 7 heteroatoms. The molecule has 112 valence electrons. The molecule has 0 saturated carbocycles. The van der Waals surface area contributed by atoms with Crippen LogP contribution >= 0.6 is 0 Å². The number of nitrogens with zero attached hydrogens (tertiary/aromatic N) is 5. The summed E-state index contributed by atoms with van der Waals surface area (Å²) in [5.74, 6) is 0.715. The third-order valence-corrected chi connectivity index (χ3v) is 3.40. The summed E-state index contributed by atoms with van der Waals surface area (Å²) >= 11 is 0. The highest BCUT2D eigenvalue weighted by Crippen LogP contribution is 2.13. The lowest BCUT2D eigenvalue weighted by Crippen LogP contribution is -2.21. The van der Waals surface area contributed by atoms with Crippen LogP contribution in [0.3, 0.4) is 0 Å². The first-order valence-electron chi connectivity index (χ1n) is 6.99. The van der Waals surface area contributed by atoms with E-state index in [9.17, 15) is 4.79 Å². The van der Waals surface area contributed by atoms with Crippen molar-refractivity contribution in [3.63, 3.8) is 0 Å². The van der Waals surface area contributed by atoms with Gasteiger partial charge in [-0.25, -0.2) is 4.98 Å². The second-order valence-electron chi connectivity index (χ2n) is 4.93. The summed E-state index contributed by atoms with van der Waals surface area (Å²) in [6, 6.07) is 12.6. The van der Waals surface area contributed by atoms with E-state index < -0.39 is 0 Å². The Hall–Kier alpha value is -3.35. The third kappa shape index (κ3) is 2.48. The fraction of sp³-hybridized carbons (Fsp3) is 0.0625. The minimum absolute atomic E-state index is 0.139. The van der Waals surface area contributed by atoms with Crippen LogP contribution in [0.4, 0.5) is 0 Å². The van der Waals surface area contributed by atoms with E-state index in [1.807, 2.05) is 18.2 Å². The zero-order chi connectivity index (χ0) is 15.6. The van der Waals surface area contributed by atoms with Crippen molar-refractivity contribution in [2.45, 2.75) is 6.54 Å². The normalized spacial score (nSPS) is 11.0. The Balaban J connectivity index is 1.68. The molecule has 3 aromatic heterocycles. The zero-order valence-corrected chi connectivity index (χ0v) is 12.0. The summed E-state index contributed by atoms with van der Waals surface area (Å²) in [4.78, 5) is 25.1. The van der Waals surface area contributed by atoms with Gasteiger partial charge in [0.05, 0.1) is 23.8 Å². The van der Waals surface area contributed by atoms with Crippen LogP contribution in [-0.4, -0.2) is 24.7 Å². The molecule has 1 aromatic carbocycles. The highest BCUT2D eigenvalue weighted by Gasteiger charge is 2.11. The highest BCUT2D eigenvalue weighted by atomic mass is 16.5. The molecule has 0 aliphatic rings. The van der Waals surface area contributed by atoms with Crippen LogP contribution in [0.1, 0.15) is 5.82 Å². The first-order valence-corrected chi connectivity index (χ1v) is 6.99. The molecule has 4 rings (SSSR count). The van der Waals surface area contributed by atoms with Gasteiger partial charge in [0.2, 0.25) is 0 Å².